The van der Waals surface area contributed by atoms with E-state index in [0.717, 1.165) is 0 Å². The van der Waals surface area contributed by atoms with Crippen LogP contribution >= 0.6 is 23.2 Å². The number of benzene rings is 1. The molecule has 3 amide bonds. The average molecular weight is 344 g/mol. The summed E-state index contributed by atoms with van der Waals surface area (Å²) < 4.78 is 0. The molecule has 0 radical (unpaired) electrons. The summed E-state index contributed by atoms with van der Waals surface area (Å²) in [6.45, 7) is -0.160. The van der Waals surface area contributed by atoms with Gasteiger partial charge in [0.05, 0.1) is 22.3 Å². The molecule has 1 aliphatic rings. The van der Waals surface area contributed by atoms with Gasteiger partial charge in [0.1, 0.15) is 6.04 Å². The molecule has 118 valence electrons. The van der Waals surface area contributed by atoms with E-state index in [1.54, 1.807) is 18.2 Å². The Kier molecular flexibility index (Phi) is 5.26. The number of nitrogens with one attached hydrogen (secondary N) is 2. The maximum Gasteiger partial charge on any atom is 0.245 e. The third-order valence-corrected chi connectivity index (χ3v) is 3.91. The molecule has 6 nitrogen and oxygen atoms in total. The van der Waals surface area contributed by atoms with Gasteiger partial charge in [-0.3, -0.25) is 14.4 Å². The SMILES string of the molecule is CN(CC(=O)Nc1c(Cl)cccc1Cl)C(=O)[C@@H]1CCC(=O)N1. The Morgan fingerprint density at radius 2 is 2.00 bits per heavy atom. The zero-order chi connectivity index (χ0) is 16.3. The summed E-state index contributed by atoms with van der Waals surface area (Å²) in [6.07, 6.45) is 0.769. The number of nitrogens with zero attached hydrogens (tertiary/aromatic N) is 1. The minimum absolute atomic E-state index is 0.154. The first-order valence-electron chi connectivity index (χ1n) is 6.66. The Morgan fingerprint density at radius 1 is 1.36 bits per heavy atom. The fourth-order valence-electron chi connectivity index (χ4n) is 2.15. The third kappa shape index (κ3) is 3.90. The van der Waals surface area contributed by atoms with Crippen molar-refractivity contribution in [2.45, 2.75) is 18.9 Å². The molecule has 22 heavy (non-hydrogen) atoms. The molecule has 8 heteroatoms. The molecule has 0 unspecified atom stereocenters. The first-order valence-corrected chi connectivity index (χ1v) is 7.42. The molecule has 0 spiro atoms. The van der Waals surface area contributed by atoms with Gasteiger partial charge in [-0.2, -0.15) is 0 Å². The molecule has 2 N–H and O–H groups in total. The maximum atomic E-state index is 12.1. The van der Waals surface area contributed by atoms with Crippen LogP contribution in [0.25, 0.3) is 0 Å². The molecule has 1 aromatic carbocycles. The zero-order valence-electron chi connectivity index (χ0n) is 11.9. The number of halogens is 2. The van der Waals surface area contributed by atoms with Crippen molar-refractivity contribution in [3.63, 3.8) is 0 Å². The van der Waals surface area contributed by atoms with Crippen LogP contribution in [0.15, 0.2) is 18.2 Å². The summed E-state index contributed by atoms with van der Waals surface area (Å²) in [5.74, 6) is -0.875. The molecule has 0 aliphatic carbocycles. The Labute approximate surface area is 137 Å². The monoisotopic (exact) mass is 343 g/mol. The van der Waals surface area contributed by atoms with Gasteiger partial charge in [0.2, 0.25) is 17.7 Å². The molecular formula is C14H15Cl2N3O3. The fourth-order valence-corrected chi connectivity index (χ4v) is 2.65. The van der Waals surface area contributed by atoms with E-state index in [4.69, 9.17) is 23.2 Å². The summed E-state index contributed by atoms with van der Waals surface area (Å²) in [7, 11) is 1.50. The Bertz CT molecular complexity index is 601. The lowest BCUT2D eigenvalue weighted by atomic mass is 10.2. The molecule has 1 atom stereocenters. The lowest BCUT2D eigenvalue weighted by Crippen LogP contribution is -2.45. The van der Waals surface area contributed by atoms with Crippen molar-refractivity contribution in [3.8, 4) is 0 Å². The molecule has 1 aromatic rings. The van der Waals surface area contributed by atoms with Crippen molar-refractivity contribution in [3.05, 3.63) is 28.2 Å². The minimum atomic E-state index is -0.561. The second-order valence-corrected chi connectivity index (χ2v) is 5.81. The van der Waals surface area contributed by atoms with Gasteiger partial charge in [0.25, 0.3) is 0 Å². The quantitative estimate of drug-likeness (QED) is 0.872. The first-order chi connectivity index (χ1) is 10.4. The van der Waals surface area contributed by atoms with Crippen LogP contribution < -0.4 is 10.6 Å². The predicted molar refractivity (Wildman–Crippen MR) is 83.9 cm³/mol. The van der Waals surface area contributed by atoms with E-state index < -0.39 is 11.9 Å². The average Bonchev–Trinajstić information content (AvgIpc) is 2.88. The zero-order valence-corrected chi connectivity index (χ0v) is 13.4. The summed E-state index contributed by atoms with van der Waals surface area (Å²) in [6, 6.07) is 4.31. The number of hydrogen-bond acceptors (Lipinski definition) is 3. The number of carbonyl (C=O) groups excluding carboxylic acids is 3. The number of anilines is 1. The second-order valence-electron chi connectivity index (χ2n) is 5.00. The minimum Gasteiger partial charge on any atom is -0.344 e. The Hall–Kier alpha value is -1.79. The maximum absolute atomic E-state index is 12.1. The van der Waals surface area contributed by atoms with Gasteiger partial charge < -0.3 is 15.5 Å². The summed E-state index contributed by atoms with van der Waals surface area (Å²) in [4.78, 5) is 36.5. The molecule has 1 heterocycles. The summed E-state index contributed by atoms with van der Waals surface area (Å²) in [5, 5.41) is 5.79. The van der Waals surface area contributed by atoms with Crippen LogP contribution in [0.1, 0.15) is 12.8 Å². The van der Waals surface area contributed by atoms with Gasteiger partial charge in [0, 0.05) is 13.5 Å². The van der Waals surface area contributed by atoms with E-state index in [0.29, 0.717) is 28.6 Å². The van der Waals surface area contributed by atoms with Gasteiger partial charge in [-0.1, -0.05) is 29.3 Å². The number of carbonyl (C=O) groups is 3. The van der Waals surface area contributed by atoms with Crippen LogP contribution in [0.4, 0.5) is 5.69 Å². The second kappa shape index (κ2) is 6.98. The van der Waals surface area contributed by atoms with Crippen molar-refractivity contribution in [1.82, 2.24) is 10.2 Å². The molecule has 0 saturated carbocycles. The number of rotatable bonds is 4. The van der Waals surface area contributed by atoms with Crippen LogP contribution in [-0.4, -0.2) is 42.3 Å². The van der Waals surface area contributed by atoms with Crippen molar-refractivity contribution in [2.75, 3.05) is 18.9 Å². The highest BCUT2D eigenvalue weighted by Gasteiger charge is 2.30. The van der Waals surface area contributed by atoms with Crippen molar-refractivity contribution in [1.29, 1.82) is 0 Å². The van der Waals surface area contributed by atoms with E-state index in [1.165, 1.54) is 11.9 Å². The molecule has 2 rings (SSSR count). The van der Waals surface area contributed by atoms with E-state index in [9.17, 15) is 14.4 Å². The molecule has 0 aromatic heterocycles. The normalized spacial score (nSPS) is 17.0. The van der Waals surface area contributed by atoms with Gasteiger partial charge >= 0.3 is 0 Å². The largest absolute Gasteiger partial charge is 0.344 e. The van der Waals surface area contributed by atoms with Crippen LogP contribution in [0.2, 0.25) is 10.0 Å². The van der Waals surface area contributed by atoms with Gasteiger partial charge in [0.15, 0.2) is 0 Å². The molecule has 1 fully saturated rings. The number of likely N-dealkylation sites (N-methyl/N-ethyl adjacent to an activating group) is 1. The summed E-state index contributed by atoms with van der Waals surface area (Å²) in [5.41, 5.74) is 0.311. The van der Waals surface area contributed by atoms with Crippen molar-refractivity contribution < 1.29 is 14.4 Å². The topological polar surface area (TPSA) is 78.5 Å². The Balaban J connectivity index is 1.94. The van der Waals surface area contributed by atoms with Crippen LogP contribution in [0, 0.1) is 0 Å². The van der Waals surface area contributed by atoms with Crippen LogP contribution in [0.5, 0.6) is 0 Å². The molecule has 0 bridgehead atoms. The van der Waals surface area contributed by atoms with Crippen molar-refractivity contribution in [2.24, 2.45) is 0 Å². The molecular weight excluding hydrogens is 329 g/mol. The number of amides is 3. The van der Waals surface area contributed by atoms with E-state index in [1.807, 2.05) is 0 Å². The highest BCUT2D eigenvalue weighted by atomic mass is 35.5. The van der Waals surface area contributed by atoms with Crippen molar-refractivity contribution >= 4 is 46.6 Å². The smallest absolute Gasteiger partial charge is 0.245 e. The fraction of sp³-hybridized carbons (Fsp3) is 0.357. The van der Waals surface area contributed by atoms with E-state index in [-0.39, 0.29) is 18.4 Å². The number of para-hydroxylation sites is 1. The predicted octanol–water partition coefficient (Wildman–Crippen LogP) is 1.67. The highest BCUT2D eigenvalue weighted by Crippen LogP contribution is 2.29. The Morgan fingerprint density at radius 3 is 2.55 bits per heavy atom. The lowest BCUT2D eigenvalue weighted by molar-refractivity contribution is -0.135. The molecule has 1 saturated heterocycles. The van der Waals surface area contributed by atoms with Gasteiger partial charge in [-0.25, -0.2) is 0 Å². The van der Waals surface area contributed by atoms with Gasteiger partial charge in [-0.15, -0.1) is 0 Å². The third-order valence-electron chi connectivity index (χ3n) is 3.28. The first kappa shape index (κ1) is 16.6. The van der Waals surface area contributed by atoms with Gasteiger partial charge in [-0.05, 0) is 18.6 Å². The standard InChI is InChI=1S/C14H15Cl2N3O3/c1-19(14(22)10-5-6-11(20)17-10)7-12(21)18-13-8(15)3-2-4-9(13)16/h2-4,10H,5-7H2,1H3,(H,17,20)(H,18,21)/t10-/m0/s1. The lowest BCUT2D eigenvalue weighted by Gasteiger charge is -2.20. The summed E-state index contributed by atoms with van der Waals surface area (Å²) >= 11 is 11.9. The highest BCUT2D eigenvalue weighted by molar-refractivity contribution is 6.39. The van der Waals surface area contributed by atoms with Crippen LogP contribution in [0.3, 0.4) is 0 Å². The number of hydrogen-bond donors (Lipinski definition) is 2. The van der Waals surface area contributed by atoms with E-state index >= 15 is 0 Å². The van der Waals surface area contributed by atoms with Crippen LogP contribution in [-0.2, 0) is 14.4 Å². The molecule has 1 aliphatic heterocycles. The van der Waals surface area contributed by atoms with E-state index in [2.05, 4.69) is 10.6 Å².